The number of rotatable bonds is 14. The molecule has 0 aliphatic carbocycles. The van der Waals surface area contributed by atoms with Crippen molar-refractivity contribution in [3.63, 3.8) is 0 Å². The SMILES string of the molecule is CCCCCCCC(=O)CCCCCC(=O)NC(C)(C)CO. The number of hydrogen-bond donors (Lipinski definition) is 2. The van der Waals surface area contributed by atoms with Crippen LogP contribution in [0, 0.1) is 0 Å². The molecule has 0 saturated heterocycles. The van der Waals surface area contributed by atoms with E-state index in [-0.39, 0.29) is 12.5 Å². The molecule has 0 fully saturated rings. The van der Waals surface area contributed by atoms with Gasteiger partial charge in [-0.2, -0.15) is 0 Å². The molecule has 0 radical (unpaired) electrons. The Morgan fingerprint density at radius 3 is 1.91 bits per heavy atom. The van der Waals surface area contributed by atoms with E-state index in [1.165, 1.54) is 25.7 Å². The fourth-order valence-corrected chi connectivity index (χ4v) is 2.31. The van der Waals surface area contributed by atoms with Crippen LogP contribution in [0.25, 0.3) is 0 Å². The molecule has 0 heterocycles. The average molecular weight is 313 g/mol. The molecule has 4 heteroatoms. The topological polar surface area (TPSA) is 66.4 Å². The van der Waals surface area contributed by atoms with Gasteiger partial charge in [-0.15, -0.1) is 0 Å². The van der Waals surface area contributed by atoms with E-state index in [1.807, 2.05) is 0 Å². The number of nitrogens with one attached hydrogen (secondary N) is 1. The summed E-state index contributed by atoms with van der Waals surface area (Å²) in [4.78, 5) is 23.3. The van der Waals surface area contributed by atoms with E-state index >= 15 is 0 Å². The second kappa shape index (κ2) is 12.6. The fourth-order valence-electron chi connectivity index (χ4n) is 2.31. The van der Waals surface area contributed by atoms with Crippen LogP contribution in [0.5, 0.6) is 0 Å². The van der Waals surface area contributed by atoms with Crippen molar-refractivity contribution in [2.24, 2.45) is 0 Å². The molecule has 0 spiro atoms. The summed E-state index contributed by atoms with van der Waals surface area (Å²) in [6.45, 7) is 5.72. The molecule has 0 atom stereocenters. The van der Waals surface area contributed by atoms with Crippen molar-refractivity contribution in [3.05, 3.63) is 0 Å². The monoisotopic (exact) mass is 313 g/mol. The van der Waals surface area contributed by atoms with Gasteiger partial charge in [-0.1, -0.05) is 39.0 Å². The molecule has 0 bridgehead atoms. The molecule has 1 amide bonds. The molecular weight excluding hydrogens is 278 g/mol. The van der Waals surface area contributed by atoms with Gasteiger partial charge in [-0.25, -0.2) is 0 Å². The molecular formula is C18H35NO3. The molecule has 0 aliphatic heterocycles. The molecule has 0 aliphatic rings. The van der Waals surface area contributed by atoms with Gasteiger partial charge in [0.1, 0.15) is 5.78 Å². The number of unbranched alkanes of at least 4 members (excludes halogenated alkanes) is 6. The van der Waals surface area contributed by atoms with Gasteiger partial charge < -0.3 is 10.4 Å². The van der Waals surface area contributed by atoms with Gasteiger partial charge in [-0.05, 0) is 33.1 Å². The molecule has 0 aromatic carbocycles. The Hall–Kier alpha value is -0.900. The zero-order chi connectivity index (χ0) is 16.8. The Bertz CT molecular complexity index is 313. The Labute approximate surface area is 136 Å². The Kier molecular flexibility index (Phi) is 12.1. The summed E-state index contributed by atoms with van der Waals surface area (Å²) in [5.74, 6) is 0.337. The normalized spacial score (nSPS) is 11.5. The molecule has 22 heavy (non-hydrogen) atoms. The summed E-state index contributed by atoms with van der Waals surface area (Å²) >= 11 is 0. The summed E-state index contributed by atoms with van der Waals surface area (Å²) < 4.78 is 0. The number of carbonyl (C=O) groups is 2. The lowest BCUT2D eigenvalue weighted by atomic mass is 10.0. The van der Waals surface area contributed by atoms with Gasteiger partial charge in [0, 0.05) is 19.3 Å². The van der Waals surface area contributed by atoms with Crippen molar-refractivity contribution in [1.82, 2.24) is 5.32 Å². The second-order valence-corrected chi connectivity index (χ2v) is 6.85. The van der Waals surface area contributed by atoms with Crippen LogP contribution in [-0.4, -0.2) is 28.9 Å². The predicted molar refractivity (Wildman–Crippen MR) is 90.8 cm³/mol. The highest BCUT2D eigenvalue weighted by molar-refractivity contribution is 5.78. The minimum absolute atomic E-state index is 0.0266. The van der Waals surface area contributed by atoms with Crippen LogP contribution >= 0.6 is 0 Å². The van der Waals surface area contributed by atoms with Crippen LogP contribution in [0.3, 0.4) is 0 Å². The van der Waals surface area contributed by atoms with E-state index in [0.29, 0.717) is 18.6 Å². The van der Waals surface area contributed by atoms with Gasteiger partial charge >= 0.3 is 0 Å². The van der Waals surface area contributed by atoms with E-state index in [1.54, 1.807) is 13.8 Å². The van der Waals surface area contributed by atoms with Crippen molar-refractivity contribution in [2.75, 3.05) is 6.61 Å². The molecule has 2 N–H and O–H groups in total. The summed E-state index contributed by atoms with van der Waals surface area (Å²) in [5, 5.41) is 11.9. The molecule has 0 rings (SSSR count). The Morgan fingerprint density at radius 1 is 0.864 bits per heavy atom. The first kappa shape index (κ1) is 21.1. The van der Waals surface area contributed by atoms with Crippen LogP contribution in [0.2, 0.25) is 0 Å². The molecule has 130 valence electrons. The highest BCUT2D eigenvalue weighted by Crippen LogP contribution is 2.10. The smallest absolute Gasteiger partial charge is 0.220 e. The fraction of sp³-hybridized carbons (Fsp3) is 0.889. The second-order valence-electron chi connectivity index (χ2n) is 6.85. The van der Waals surface area contributed by atoms with E-state index in [0.717, 1.165) is 32.1 Å². The summed E-state index contributed by atoms with van der Waals surface area (Å²) in [6, 6.07) is 0. The minimum Gasteiger partial charge on any atom is -0.394 e. The summed E-state index contributed by atoms with van der Waals surface area (Å²) in [6.07, 6.45) is 10.4. The van der Waals surface area contributed by atoms with E-state index in [4.69, 9.17) is 5.11 Å². The number of amides is 1. The number of ketones is 1. The van der Waals surface area contributed by atoms with Gasteiger partial charge in [0.05, 0.1) is 12.1 Å². The van der Waals surface area contributed by atoms with E-state index < -0.39 is 5.54 Å². The van der Waals surface area contributed by atoms with Gasteiger partial charge in [0.2, 0.25) is 5.91 Å². The lowest BCUT2D eigenvalue weighted by Gasteiger charge is -2.23. The standard InChI is InChI=1S/C18H35NO3/c1-4-5-6-7-9-12-16(21)13-10-8-11-14-17(22)19-18(2,3)15-20/h20H,4-15H2,1-3H3,(H,19,22). The first-order valence-corrected chi connectivity index (χ1v) is 8.85. The molecule has 0 saturated carbocycles. The van der Waals surface area contributed by atoms with Crippen molar-refractivity contribution in [3.8, 4) is 0 Å². The zero-order valence-corrected chi connectivity index (χ0v) is 14.7. The predicted octanol–water partition coefficient (Wildman–Crippen LogP) is 3.75. The van der Waals surface area contributed by atoms with Gasteiger partial charge in [0.25, 0.3) is 0 Å². The van der Waals surface area contributed by atoms with Crippen LogP contribution in [0.15, 0.2) is 0 Å². The van der Waals surface area contributed by atoms with E-state index in [2.05, 4.69) is 12.2 Å². The van der Waals surface area contributed by atoms with Crippen LogP contribution in [0.4, 0.5) is 0 Å². The largest absolute Gasteiger partial charge is 0.394 e. The molecule has 0 unspecified atom stereocenters. The summed E-state index contributed by atoms with van der Waals surface area (Å²) in [7, 11) is 0. The third-order valence-electron chi connectivity index (χ3n) is 3.79. The van der Waals surface area contributed by atoms with Crippen molar-refractivity contribution in [2.45, 2.75) is 96.9 Å². The highest BCUT2D eigenvalue weighted by Gasteiger charge is 2.18. The number of hydrogen-bond acceptors (Lipinski definition) is 3. The maximum Gasteiger partial charge on any atom is 0.220 e. The van der Waals surface area contributed by atoms with Crippen LogP contribution < -0.4 is 5.32 Å². The quantitative estimate of drug-likeness (QED) is 0.480. The number of aliphatic hydroxyl groups is 1. The minimum atomic E-state index is -0.551. The highest BCUT2D eigenvalue weighted by atomic mass is 16.3. The first-order chi connectivity index (χ1) is 10.4. The molecule has 0 aromatic heterocycles. The van der Waals surface area contributed by atoms with E-state index in [9.17, 15) is 9.59 Å². The lowest BCUT2D eigenvalue weighted by molar-refractivity contribution is -0.123. The third-order valence-corrected chi connectivity index (χ3v) is 3.79. The molecule has 0 aromatic rings. The Balaban J connectivity index is 3.49. The average Bonchev–Trinajstić information content (AvgIpc) is 2.46. The van der Waals surface area contributed by atoms with Gasteiger partial charge in [-0.3, -0.25) is 9.59 Å². The Morgan fingerprint density at radius 2 is 1.36 bits per heavy atom. The molecule has 4 nitrogen and oxygen atoms in total. The number of carbonyl (C=O) groups excluding carboxylic acids is 2. The van der Waals surface area contributed by atoms with Crippen molar-refractivity contribution < 1.29 is 14.7 Å². The number of aliphatic hydroxyl groups excluding tert-OH is 1. The first-order valence-electron chi connectivity index (χ1n) is 8.85. The van der Waals surface area contributed by atoms with Gasteiger partial charge in [0.15, 0.2) is 0 Å². The van der Waals surface area contributed by atoms with Crippen LogP contribution in [-0.2, 0) is 9.59 Å². The maximum absolute atomic E-state index is 11.7. The van der Waals surface area contributed by atoms with Crippen molar-refractivity contribution in [1.29, 1.82) is 0 Å². The summed E-state index contributed by atoms with van der Waals surface area (Å²) in [5.41, 5.74) is -0.551. The maximum atomic E-state index is 11.7. The zero-order valence-electron chi connectivity index (χ0n) is 14.7. The lowest BCUT2D eigenvalue weighted by Crippen LogP contribution is -2.46. The van der Waals surface area contributed by atoms with Crippen molar-refractivity contribution >= 4 is 11.7 Å². The van der Waals surface area contributed by atoms with Crippen LogP contribution in [0.1, 0.15) is 91.4 Å². The number of Topliss-reactive ketones (excluding diaryl/α,β-unsaturated/α-hetero) is 1. The third kappa shape index (κ3) is 12.8.